The first kappa shape index (κ1) is 13.4. The van der Waals surface area contributed by atoms with E-state index < -0.39 is 0 Å². The summed E-state index contributed by atoms with van der Waals surface area (Å²) < 4.78 is 7.76. The molecule has 0 saturated carbocycles. The number of ether oxygens (including phenoxy) is 1. The van der Waals surface area contributed by atoms with E-state index in [1.54, 1.807) is 12.5 Å². The molecule has 0 amide bonds. The van der Waals surface area contributed by atoms with Gasteiger partial charge in [0.25, 0.3) is 0 Å². The number of nitrogens with zero attached hydrogens (tertiary/aromatic N) is 2. The standard InChI is InChI=1S/C17H17N3O/c1-13(18)17-11-19-12-20(17)14-7-9-16(10-8-14)21-15-5-3-2-4-6-15/h2-13H,18H2,1H3. The van der Waals surface area contributed by atoms with Crippen LogP contribution in [0.4, 0.5) is 0 Å². The van der Waals surface area contributed by atoms with Crippen LogP contribution in [0.5, 0.6) is 11.5 Å². The predicted molar refractivity (Wildman–Crippen MR) is 82.7 cm³/mol. The fourth-order valence-corrected chi connectivity index (χ4v) is 2.16. The highest BCUT2D eigenvalue weighted by Gasteiger charge is 2.08. The Hall–Kier alpha value is -2.59. The van der Waals surface area contributed by atoms with Gasteiger partial charge in [-0.15, -0.1) is 0 Å². The number of imidazole rings is 1. The van der Waals surface area contributed by atoms with Gasteiger partial charge in [0, 0.05) is 11.7 Å². The molecule has 0 fully saturated rings. The predicted octanol–water partition coefficient (Wildman–Crippen LogP) is 3.68. The zero-order valence-electron chi connectivity index (χ0n) is 11.8. The van der Waals surface area contributed by atoms with Crippen LogP contribution in [-0.4, -0.2) is 9.55 Å². The molecule has 0 aliphatic carbocycles. The average molecular weight is 279 g/mol. The first-order valence-corrected chi connectivity index (χ1v) is 6.85. The molecule has 0 bridgehead atoms. The third-order valence-electron chi connectivity index (χ3n) is 3.23. The third-order valence-corrected chi connectivity index (χ3v) is 3.23. The summed E-state index contributed by atoms with van der Waals surface area (Å²) in [5, 5.41) is 0. The van der Waals surface area contributed by atoms with E-state index in [4.69, 9.17) is 10.5 Å². The number of aromatic nitrogens is 2. The van der Waals surface area contributed by atoms with Gasteiger partial charge in [-0.3, -0.25) is 0 Å². The lowest BCUT2D eigenvalue weighted by molar-refractivity contribution is 0.482. The van der Waals surface area contributed by atoms with E-state index in [0.717, 1.165) is 22.9 Å². The number of nitrogens with two attached hydrogens (primary N) is 1. The van der Waals surface area contributed by atoms with Crippen molar-refractivity contribution < 1.29 is 4.74 Å². The number of hydrogen-bond acceptors (Lipinski definition) is 3. The van der Waals surface area contributed by atoms with Gasteiger partial charge in [0.15, 0.2) is 0 Å². The molecular weight excluding hydrogens is 262 g/mol. The molecule has 1 atom stereocenters. The highest BCUT2D eigenvalue weighted by molar-refractivity contribution is 5.40. The fraction of sp³-hybridized carbons (Fsp3) is 0.118. The molecule has 0 saturated heterocycles. The second kappa shape index (κ2) is 5.81. The topological polar surface area (TPSA) is 53.1 Å². The summed E-state index contributed by atoms with van der Waals surface area (Å²) in [4.78, 5) is 4.16. The number of para-hydroxylation sites is 1. The minimum absolute atomic E-state index is 0.0623. The van der Waals surface area contributed by atoms with Gasteiger partial charge in [0.05, 0.1) is 18.2 Å². The highest BCUT2D eigenvalue weighted by atomic mass is 16.5. The van der Waals surface area contributed by atoms with E-state index in [0.29, 0.717) is 0 Å². The summed E-state index contributed by atoms with van der Waals surface area (Å²) in [6.07, 6.45) is 3.56. The summed E-state index contributed by atoms with van der Waals surface area (Å²) in [5.74, 6) is 1.62. The first-order chi connectivity index (χ1) is 10.2. The number of benzene rings is 2. The Morgan fingerprint density at radius 1 is 1.00 bits per heavy atom. The van der Waals surface area contributed by atoms with Crippen LogP contribution in [0.1, 0.15) is 18.7 Å². The van der Waals surface area contributed by atoms with E-state index in [1.165, 1.54) is 0 Å². The van der Waals surface area contributed by atoms with Gasteiger partial charge in [0.2, 0.25) is 0 Å². The molecule has 3 rings (SSSR count). The highest BCUT2D eigenvalue weighted by Crippen LogP contribution is 2.23. The Morgan fingerprint density at radius 3 is 2.33 bits per heavy atom. The third kappa shape index (κ3) is 2.95. The molecule has 0 aliphatic heterocycles. The van der Waals surface area contributed by atoms with Crippen LogP contribution < -0.4 is 10.5 Å². The van der Waals surface area contributed by atoms with Gasteiger partial charge in [-0.05, 0) is 43.3 Å². The number of rotatable bonds is 4. The molecule has 3 aromatic rings. The van der Waals surface area contributed by atoms with Crippen molar-refractivity contribution in [3.8, 4) is 17.2 Å². The molecule has 106 valence electrons. The molecular formula is C17H17N3O. The summed E-state index contributed by atoms with van der Waals surface area (Å²) in [6.45, 7) is 1.94. The minimum Gasteiger partial charge on any atom is -0.457 e. The average Bonchev–Trinajstić information content (AvgIpc) is 2.99. The summed E-state index contributed by atoms with van der Waals surface area (Å²) in [6, 6.07) is 17.5. The van der Waals surface area contributed by atoms with Crippen molar-refractivity contribution in [2.75, 3.05) is 0 Å². The maximum absolute atomic E-state index is 5.94. The Bertz CT molecular complexity index is 702. The van der Waals surface area contributed by atoms with Crippen molar-refractivity contribution in [3.05, 3.63) is 72.8 Å². The molecule has 1 unspecified atom stereocenters. The lowest BCUT2D eigenvalue weighted by Crippen LogP contribution is -2.10. The van der Waals surface area contributed by atoms with Gasteiger partial charge >= 0.3 is 0 Å². The molecule has 0 radical (unpaired) electrons. The van der Waals surface area contributed by atoms with Crippen molar-refractivity contribution >= 4 is 0 Å². The maximum Gasteiger partial charge on any atom is 0.127 e. The van der Waals surface area contributed by atoms with E-state index in [2.05, 4.69) is 4.98 Å². The quantitative estimate of drug-likeness (QED) is 0.792. The molecule has 4 heteroatoms. The second-order valence-electron chi connectivity index (χ2n) is 4.89. The summed E-state index contributed by atoms with van der Waals surface area (Å²) >= 11 is 0. The molecule has 2 N–H and O–H groups in total. The van der Waals surface area contributed by atoms with Gasteiger partial charge in [-0.25, -0.2) is 4.98 Å². The minimum atomic E-state index is -0.0623. The van der Waals surface area contributed by atoms with Crippen LogP contribution in [0.3, 0.4) is 0 Å². The van der Waals surface area contributed by atoms with Gasteiger partial charge in [0.1, 0.15) is 11.5 Å². The summed E-state index contributed by atoms with van der Waals surface area (Å²) in [5.41, 5.74) is 7.94. The molecule has 2 aromatic carbocycles. The lowest BCUT2D eigenvalue weighted by Gasteiger charge is -2.11. The van der Waals surface area contributed by atoms with Crippen LogP contribution in [0.15, 0.2) is 67.1 Å². The maximum atomic E-state index is 5.94. The Balaban J connectivity index is 1.82. The van der Waals surface area contributed by atoms with Crippen LogP contribution in [-0.2, 0) is 0 Å². The lowest BCUT2D eigenvalue weighted by atomic mass is 10.2. The zero-order chi connectivity index (χ0) is 14.7. The Morgan fingerprint density at radius 2 is 1.67 bits per heavy atom. The normalized spacial score (nSPS) is 12.1. The largest absolute Gasteiger partial charge is 0.457 e. The van der Waals surface area contributed by atoms with Gasteiger partial charge in [-0.1, -0.05) is 18.2 Å². The zero-order valence-corrected chi connectivity index (χ0v) is 11.8. The van der Waals surface area contributed by atoms with Gasteiger partial charge < -0.3 is 15.0 Å². The van der Waals surface area contributed by atoms with Crippen molar-refractivity contribution in [2.45, 2.75) is 13.0 Å². The van der Waals surface area contributed by atoms with Crippen molar-refractivity contribution in [3.63, 3.8) is 0 Å². The van der Waals surface area contributed by atoms with Crippen LogP contribution in [0, 0.1) is 0 Å². The van der Waals surface area contributed by atoms with Crippen LogP contribution in [0.2, 0.25) is 0 Å². The van der Waals surface area contributed by atoms with Crippen LogP contribution >= 0.6 is 0 Å². The number of hydrogen-bond donors (Lipinski definition) is 1. The van der Waals surface area contributed by atoms with Crippen molar-refractivity contribution in [1.29, 1.82) is 0 Å². The van der Waals surface area contributed by atoms with Crippen molar-refractivity contribution in [1.82, 2.24) is 9.55 Å². The SMILES string of the molecule is CC(N)c1cncn1-c1ccc(Oc2ccccc2)cc1. The fourth-order valence-electron chi connectivity index (χ4n) is 2.16. The molecule has 0 aliphatic rings. The van der Waals surface area contributed by atoms with E-state index in [-0.39, 0.29) is 6.04 Å². The van der Waals surface area contributed by atoms with E-state index in [1.807, 2.05) is 66.1 Å². The first-order valence-electron chi connectivity index (χ1n) is 6.85. The van der Waals surface area contributed by atoms with Gasteiger partial charge in [-0.2, -0.15) is 0 Å². The van der Waals surface area contributed by atoms with Crippen LogP contribution in [0.25, 0.3) is 5.69 Å². The Labute approximate surface area is 123 Å². The molecule has 0 spiro atoms. The van der Waals surface area contributed by atoms with Crippen molar-refractivity contribution in [2.24, 2.45) is 5.73 Å². The van der Waals surface area contributed by atoms with E-state index in [9.17, 15) is 0 Å². The second-order valence-corrected chi connectivity index (χ2v) is 4.89. The Kier molecular flexibility index (Phi) is 3.71. The monoisotopic (exact) mass is 279 g/mol. The molecule has 1 aromatic heterocycles. The molecule has 4 nitrogen and oxygen atoms in total. The van der Waals surface area contributed by atoms with E-state index >= 15 is 0 Å². The molecule has 1 heterocycles. The smallest absolute Gasteiger partial charge is 0.127 e. The molecule has 21 heavy (non-hydrogen) atoms. The summed E-state index contributed by atoms with van der Waals surface area (Å²) in [7, 11) is 0.